The van der Waals surface area contributed by atoms with Crippen LogP contribution in [0.4, 0.5) is 0 Å². The molecule has 1 heterocycles. The largest absolute Gasteiger partial charge is 0.311 e. The van der Waals surface area contributed by atoms with E-state index in [1.165, 1.54) is 16.3 Å². The summed E-state index contributed by atoms with van der Waals surface area (Å²) in [7, 11) is 6.27. The molecule has 0 radical (unpaired) electrons. The van der Waals surface area contributed by atoms with E-state index in [0.29, 0.717) is 0 Å². The Morgan fingerprint density at radius 1 is 1.21 bits per heavy atom. The molecule has 1 aromatic carbocycles. The molecular formula is C16H23N3. The highest BCUT2D eigenvalue weighted by Gasteiger charge is 2.32. The molecule has 2 aromatic rings. The molecule has 1 aromatic heterocycles. The molecule has 2 rings (SSSR count). The monoisotopic (exact) mass is 257 g/mol. The van der Waals surface area contributed by atoms with Gasteiger partial charge in [-0.1, -0.05) is 18.2 Å². The number of pyridine rings is 1. The lowest BCUT2D eigenvalue weighted by Gasteiger charge is -2.40. The van der Waals surface area contributed by atoms with Gasteiger partial charge in [0.15, 0.2) is 0 Å². The van der Waals surface area contributed by atoms with Crippen LogP contribution in [0.3, 0.4) is 0 Å². The van der Waals surface area contributed by atoms with Gasteiger partial charge in [-0.2, -0.15) is 0 Å². The molecule has 0 aliphatic heterocycles. The molecule has 0 fully saturated rings. The van der Waals surface area contributed by atoms with Crippen molar-refractivity contribution in [1.29, 1.82) is 0 Å². The van der Waals surface area contributed by atoms with Crippen molar-refractivity contribution in [1.82, 2.24) is 15.2 Å². The fraction of sp³-hybridized carbons (Fsp3) is 0.438. The Labute approximate surface area is 115 Å². The van der Waals surface area contributed by atoms with Crippen LogP contribution in [-0.2, 0) is 0 Å². The number of benzene rings is 1. The summed E-state index contributed by atoms with van der Waals surface area (Å²) in [4.78, 5) is 6.46. The SMILES string of the molecule is CNC(c1cccc2cnccc12)C(C)(C)N(C)C. The average molecular weight is 257 g/mol. The second kappa shape index (κ2) is 5.27. The number of hydrogen-bond acceptors (Lipinski definition) is 3. The number of nitrogens with zero attached hydrogens (tertiary/aromatic N) is 2. The van der Waals surface area contributed by atoms with Crippen molar-refractivity contribution in [2.45, 2.75) is 25.4 Å². The molecule has 0 aliphatic rings. The summed E-state index contributed by atoms with van der Waals surface area (Å²) in [6, 6.07) is 8.78. The zero-order valence-corrected chi connectivity index (χ0v) is 12.4. The van der Waals surface area contributed by atoms with Gasteiger partial charge >= 0.3 is 0 Å². The van der Waals surface area contributed by atoms with Crippen molar-refractivity contribution in [3.8, 4) is 0 Å². The molecular weight excluding hydrogens is 234 g/mol. The van der Waals surface area contributed by atoms with Gasteiger partial charge in [0.05, 0.1) is 6.04 Å². The summed E-state index contributed by atoms with van der Waals surface area (Å²) in [6.45, 7) is 4.52. The second-order valence-electron chi connectivity index (χ2n) is 5.71. The number of nitrogens with one attached hydrogen (secondary N) is 1. The third-order valence-electron chi connectivity index (χ3n) is 4.17. The minimum atomic E-state index is 0.0201. The first-order valence-corrected chi connectivity index (χ1v) is 6.66. The third kappa shape index (κ3) is 2.48. The lowest BCUT2D eigenvalue weighted by Crippen LogP contribution is -2.48. The molecule has 0 spiro atoms. The van der Waals surface area contributed by atoms with Crippen LogP contribution in [0, 0.1) is 0 Å². The number of aromatic nitrogens is 1. The highest BCUT2D eigenvalue weighted by molar-refractivity contribution is 5.85. The fourth-order valence-electron chi connectivity index (χ4n) is 2.55. The maximum Gasteiger partial charge on any atom is 0.0505 e. The lowest BCUT2D eigenvalue weighted by atomic mass is 9.85. The summed E-state index contributed by atoms with van der Waals surface area (Å²) in [5.74, 6) is 0. The van der Waals surface area contributed by atoms with E-state index in [0.717, 1.165) is 0 Å². The van der Waals surface area contributed by atoms with E-state index < -0.39 is 0 Å². The highest BCUT2D eigenvalue weighted by Crippen LogP contribution is 2.33. The molecule has 102 valence electrons. The highest BCUT2D eigenvalue weighted by atomic mass is 15.2. The Kier molecular flexibility index (Phi) is 3.88. The third-order valence-corrected chi connectivity index (χ3v) is 4.17. The minimum absolute atomic E-state index is 0.0201. The van der Waals surface area contributed by atoms with E-state index >= 15 is 0 Å². The van der Waals surface area contributed by atoms with Crippen molar-refractivity contribution in [2.75, 3.05) is 21.1 Å². The van der Waals surface area contributed by atoms with Crippen LogP contribution in [0.2, 0.25) is 0 Å². The van der Waals surface area contributed by atoms with Gasteiger partial charge in [0, 0.05) is 23.3 Å². The van der Waals surface area contributed by atoms with Gasteiger partial charge in [-0.3, -0.25) is 4.98 Å². The first-order valence-electron chi connectivity index (χ1n) is 6.66. The summed E-state index contributed by atoms with van der Waals surface area (Å²) in [6.07, 6.45) is 3.79. The van der Waals surface area contributed by atoms with Crippen LogP contribution in [0.1, 0.15) is 25.5 Å². The topological polar surface area (TPSA) is 28.2 Å². The predicted octanol–water partition coefficient (Wildman–Crippen LogP) is 2.84. The van der Waals surface area contributed by atoms with Crippen LogP contribution in [0.25, 0.3) is 10.8 Å². The second-order valence-corrected chi connectivity index (χ2v) is 5.71. The van der Waals surface area contributed by atoms with Gasteiger partial charge in [-0.25, -0.2) is 0 Å². The maximum atomic E-state index is 4.21. The van der Waals surface area contributed by atoms with Crippen molar-refractivity contribution >= 4 is 10.8 Å². The van der Waals surface area contributed by atoms with E-state index in [1.54, 1.807) is 0 Å². The van der Waals surface area contributed by atoms with Gasteiger partial charge in [0.25, 0.3) is 0 Å². The molecule has 0 amide bonds. The molecule has 3 heteroatoms. The van der Waals surface area contributed by atoms with Crippen molar-refractivity contribution < 1.29 is 0 Å². The first kappa shape index (κ1) is 14.0. The van der Waals surface area contributed by atoms with Crippen molar-refractivity contribution in [3.63, 3.8) is 0 Å². The standard InChI is InChI=1S/C16H23N3/c1-16(2,19(4)5)15(17-3)14-8-6-7-12-11-18-10-9-13(12)14/h6-11,15,17H,1-5H3. The molecule has 19 heavy (non-hydrogen) atoms. The smallest absolute Gasteiger partial charge is 0.0505 e. The molecule has 0 aliphatic carbocycles. The van der Waals surface area contributed by atoms with Gasteiger partial charge in [0.2, 0.25) is 0 Å². The van der Waals surface area contributed by atoms with E-state index in [9.17, 15) is 0 Å². The fourth-order valence-corrected chi connectivity index (χ4v) is 2.55. The Morgan fingerprint density at radius 3 is 2.58 bits per heavy atom. The van der Waals surface area contributed by atoms with E-state index in [1.807, 2.05) is 19.4 Å². The number of likely N-dealkylation sites (N-methyl/N-ethyl adjacent to an activating group) is 2. The lowest BCUT2D eigenvalue weighted by molar-refractivity contribution is 0.143. The number of rotatable bonds is 4. The number of fused-ring (bicyclic) bond motifs is 1. The first-order chi connectivity index (χ1) is 8.98. The van der Waals surface area contributed by atoms with Gasteiger partial charge in [0.1, 0.15) is 0 Å². The van der Waals surface area contributed by atoms with Crippen LogP contribution >= 0.6 is 0 Å². The molecule has 0 saturated heterocycles. The normalized spacial score (nSPS) is 14.0. The van der Waals surface area contributed by atoms with Crippen LogP contribution < -0.4 is 5.32 Å². The van der Waals surface area contributed by atoms with Crippen LogP contribution in [0.15, 0.2) is 36.7 Å². The summed E-state index contributed by atoms with van der Waals surface area (Å²) in [5.41, 5.74) is 1.34. The molecule has 0 bridgehead atoms. The Balaban J connectivity index is 2.59. The summed E-state index contributed by atoms with van der Waals surface area (Å²) in [5, 5.41) is 5.93. The zero-order chi connectivity index (χ0) is 14.0. The Hall–Kier alpha value is -1.45. The summed E-state index contributed by atoms with van der Waals surface area (Å²) < 4.78 is 0. The zero-order valence-electron chi connectivity index (χ0n) is 12.4. The molecule has 1 N–H and O–H groups in total. The van der Waals surface area contributed by atoms with E-state index in [4.69, 9.17) is 0 Å². The molecule has 3 nitrogen and oxygen atoms in total. The van der Waals surface area contributed by atoms with Crippen molar-refractivity contribution in [2.24, 2.45) is 0 Å². The summed E-state index contributed by atoms with van der Waals surface area (Å²) >= 11 is 0. The minimum Gasteiger partial charge on any atom is -0.311 e. The average Bonchev–Trinajstić information content (AvgIpc) is 2.39. The quantitative estimate of drug-likeness (QED) is 0.913. The van der Waals surface area contributed by atoms with Crippen molar-refractivity contribution in [3.05, 3.63) is 42.2 Å². The van der Waals surface area contributed by atoms with Crippen LogP contribution in [-0.4, -0.2) is 36.6 Å². The molecule has 1 unspecified atom stereocenters. The van der Waals surface area contributed by atoms with Gasteiger partial charge in [-0.05, 0) is 52.0 Å². The molecule has 0 saturated carbocycles. The van der Waals surface area contributed by atoms with Crippen LogP contribution in [0.5, 0.6) is 0 Å². The molecule has 1 atom stereocenters. The number of hydrogen-bond donors (Lipinski definition) is 1. The Bertz CT molecular complexity index is 555. The van der Waals surface area contributed by atoms with Gasteiger partial charge in [-0.15, -0.1) is 0 Å². The predicted molar refractivity (Wildman–Crippen MR) is 81.3 cm³/mol. The van der Waals surface area contributed by atoms with E-state index in [-0.39, 0.29) is 11.6 Å². The Morgan fingerprint density at radius 2 is 1.95 bits per heavy atom. The maximum absolute atomic E-state index is 4.21. The van der Waals surface area contributed by atoms with E-state index in [2.05, 4.69) is 67.4 Å². The van der Waals surface area contributed by atoms with Gasteiger partial charge < -0.3 is 10.2 Å².